The molecule has 46 heavy (non-hydrogen) atoms. The Morgan fingerprint density at radius 2 is 2.07 bits per heavy atom. The molecule has 4 aromatic heterocycles. The molecule has 1 aliphatic rings. The lowest BCUT2D eigenvalue weighted by Gasteiger charge is -2.16. The Morgan fingerprint density at radius 3 is 2.87 bits per heavy atom. The number of nitrogens with one attached hydrogen (secondary N) is 1. The zero-order valence-electron chi connectivity index (χ0n) is 24.5. The first kappa shape index (κ1) is 28.8. The molecule has 12 nitrogen and oxygen atoms in total. The van der Waals surface area contributed by atoms with Crippen LogP contribution in [0.25, 0.3) is 34.1 Å². The van der Waals surface area contributed by atoms with Crippen molar-refractivity contribution in [2.24, 2.45) is 0 Å². The molecule has 0 saturated carbocycles. The predicted molar refractivity (Wildman–Crippen MR) is 166 cm³/mol. The van der Waals surface area contributed by atoms with Gasteiger partial charge < -0.3 is 20.9 Å². The van der Waals surface area contributed by atoms with Gasteiger partial charge in [0.1, 0.15) is 22.9 Å². The first-order valence-corrected chi connectivity index (χ1v) is 14.4. The van der Waals surface area contributed by atoms with Crippen molar-refractivity contribution in [3.63, 3.8) is 0 Å². The fraction of sp³-hybridized carbons (Fsp3) is 0.152. The van der Waals surface area contributed by atoms with E-state index in [4.69, 9.17) is 20.4 Å². The van der Waals surface area contributed by atoms with Gasteiger partial charge in [-0.05, 0) is 66.4 Å². The number of carbonyl (C=O) groups excluding carboxylic acids is 2. The highest BCUT2D eigenvalue weighted by atomic mass is 19.1. The molecule has 7 rings (SSSR count). The van der Waals surface area contributed by atoms with Crippen LogP contribution in [0.4, 0.5) is 10.2 Å². The topological polar surface area (TPSA) is 163 Å². The van der Waals surface area contributed by atoms with E-state index in [0.29, 0.717) is 59.9 Å². The molecule has 6 aromatic rings. The molecule has 13 heteroatoms. The van der Waals surface area contributed by atoms with E-state index in [1.165, 1.54) is 0 Å². The number of imidazole rings is 1. The summed E-state index contributed by atoms with van der Waals surface area (Å²) in [7, 11) is 1.62. The Kier molecular flexibility index (Phi) is 7.21. The van der Waals surface area contributed by atoms with Crippen molar-refractivity contribution in [1.29, 1.82) is 0 Å². The quantitative estimate of drug-likeness (QED) is 0.209. The van der Waals surface area contributed by atoms with Gasteiger partial charge in [-0.25, -0.2) is 24.0 Å². The zero-order valence-corrected chi connectivity index (χ0v) is 24.5. The third-order valence-corrected chi connectivity index (χ3v) is 8.01. The van der Waals surface area contributed by atoms with Crippen molar-refractivity contribution in [3.8, 4) is 28.6 Å². The van der Waals surface area contributed by atoms with Crippen LogP contribution < -0.4 is 11.1 Å². The summed E-state index contributed by atoms with van der Waals surface area (Å²) in [6.07, 6.45) is 6.80. The third kappa shape index (κ3) is 5.02. The monoisotopic (exact) mass is 618 g/mol. The summed E-state index contributed by atoms with van der Waals surface area (Å²) in [6, 6.07) is 14.6. The number of nitrogens with zero attached hydrogens (tertiary/aromatic N) is 6. The van der Waals surface area contributed by atoms with Gasteiger partial charge in [-0.15, -0.1) is 0 Å². The number of aldehydes is 1. The molecule has 2 aromatic carbocycles. The molecule has 1 aliphatic carbocycles. The lowest BCUT2D eigenvalue weighted by atomic mass is 10.1. The van der Waals surface area contributed by atoms with E-state index >= 15 is 0 Å². The van der Waals surface area contributed by atoms with Gasteiger partial charge in [0.25, 0.3) is 5.91 Å². The lowest BCUT2D eigenvalue weighted by Crippen LogP contribution is -2.28. The van der Waals surface area contributed by atoms with E-state index in [2.05, 4.69) is 15.4 Å². The number of hydrogen-bond donors (Lipinski definition) is 3. The summed E-state index contributed by atoms with van der Waals surface area (Å²) < 4.78 is 23.4. The van der Waals surface area contributed by atoms with Crippen LogP contribution in [0.2, 0.25) is 0 Å². The number of phenolic OH excluding ortho intramolecular Hbond substituents is 1. The number of nitrogens with two attached hydrogens (primary N) is 1. The number of fused-ring (bicyclic) bond motifs is 2. The first-order chi connectivity index (χ1) is 22.3. The number of nitrogen functional groups attached to an aromatic ring is 1. The number of amides is 1. The molecule has 0 spiro atoms. The van der Waals surface area contributed by atoms with Gasteiger partial charge in [0, 0.05) is 36.8 Å². The molecular formula is C33H27FN8O4. The Bertz CT molecular complexity index is 2160. The zero-order chi connectivity index (χ0) is 31.9. The van der Waals surface area contributed by atoms with Gasteiger partial charge in [0.2, 0.25) is 0 Å². The summed E-state index contributed by atoms with van der Waals surface area (Å²) in [5.41, 5.74) is 11.2. The Labute approximate surface area is 261 Å². The van der Waals surface area contributed by atoms with Crippen LogP contribution in [-0.4, -0.2) is 53.7 Å². The average Bonchev–Trinajstić information content (AvgIpc) is 3.78. The van der Waals surface area contributed by atoms with Gasteiger partial charge in [-0.3, -0.25) is 14.2 Å². The summed E-state index contributed by atoms with van der Waals surface area (Å²) in [5, 5.41) is 17.1. The van der Waals surface area contributed by atoms with Crippen LogP contribution in [-0.2, 0) is 17.8 Å². The van der Waals surface area contributed by atoms with Crippen LogP contribution in [0, 0.1) is 5.82 Å². The van der Waals surface area contributed by atoms with Crippen molar-refractivity contribution in [2.45, 2.75) is 25.5 Å². The molecular weight excluding hydrogens is 591 g/mol. The van der Waals surface area contributed by atoms with Crippen molar-refractivity contribution < 1.29 is 23.8 Å². The second kappa shape index (κ2) is 11.5. The second-order valence-corrected chi connectivity index (χ2v) is 10.9. The number of benzene rings is 2. The van der Waals surface area contributed by atoms with E-state index in [0.717, 1.165) is 34.5 Å². The summed E-state index contributed by atoms with van der Waals surface area (Å²) in [6.45, 7) is 0.421. The third-order valence-electron chi connectivity index (χ3n) is 8.01. The number of methoxy groups -OCH3 is 1. The minimum Gasteiger partial charge on any atom is -0.507 e. The highest BCUT2D eigenvalue weighted by Gasteiger charge is 2.27. The Morgan fingerprint density at radius 1 is 1.20 bits per heavy atom. The number of ether oxygens (including phenoxy) is 1. The maximum atomic E-state index is 14.5. The Hall–Kier alpha value is -5.95. The molecule has 4 heterocycles. The van der Waals surface area contributed by atoms with Crippen molar-refractivity contribution >= 4 is 29.2 Å². The molecule has 0 saturated heterocycles. The number of rotatable bonds is 8. The van der Waals surface area contributed by atoms with E-state index in [-0.39, 0.29) is 17.2 Å². The number of phenols is 1. The van der Waals surface area contributed by atoms with Gasteiger partial charge in [-0.1, -0.05) is 6.07 Å². The van der Waals surface area contributed by atoms with E-state index in [1.54, 1.807) is 30.3 Å². The summed E-state index contributed by atoms with van der Waals surface area (Å²) >= 11 is 0. The van der Waals surface area contributed by atoms with Crippen LogP contribution in [0.15, 0.2) is 73.2 Å². The van der Waals surface area contributed by atoms with Crippen molar-refractivity contribution in [2.75, 3.05) is 12.8 Å². The maximum absolute atomic E-state index is 14.5. The average molecular weight is 619 g/mol. The number of hydrogen-bond acceptors (Lipinski definition) is 9. The SMILES string of the molecule is COCc1cnn(-c2ccc3nc(-c4cccnc4N)n(-c4ccc5c(c4)CC[C@@H]5NC(=O)c4cc(C=O)c(O)cc4F)c3n2)c1. The minimum absolute atomic E-state index is 0.166. The van der Waals surface area contributed by atoms with Gasteiger partial charge >= 0.3 is 0 Å². The molecule has 0 radical (unpaired) electrons. The number of carbonyl (C=O) groups is 2. The molecule has 1 amide bonds. The fourth-order valence-corrected chi connectivity index (χ4v) is 5.81. The Balaban J connectivity index is 1.28. The molecule has 0 fully saturated rings. The van der Waals surface area contributed by atoms with Crippen LogP contribution in [0.5, 0.6) is 5.75 Å². The van der Waals surface area contributed by atoms with Gasteiger partial charge in [0.15, 0.2) is 23.6 Å². The molecule has 4 N–H and O–H groups in total. The van der Waals surface area contributed by atoms with E-state index in [1.807, 2.05) is 47.2 Å². The van der Waals surface area contributed by atoms with Crippen molar-refractivity contribution in [1.82, 2.24) is 34.6 Å². The minimum atomic E-state index is -0.916. The van der Waals surface area contributed by atoms with E-state index < -0.39 is 17.5 Å². The van der Waals surface area contributed by atoms with Crippen LogP contribution in [0.1, 0.15) is 49.9 Å². The highest BCUT2D eigenvalue weighted by Crippen LogP contribution is 2.36. The van der Waals surface area contributed by atoms with Crippen LogP contribution >= 0.6 is 0 Å². The second-order valence-electron chi connectivity index (χ2n) is 10.9. The summed E-state index contributed by atoms with van der Waals surface area (Å²) in [5.74, 6) is -0.656. The molecule has 0 unspecified atom stereocenters. The number of anilines is 1. The standard InChI is InChI=1S/C33H27FN8O4/c1-46-17-18-14-37-41(15-18)29-9-8-27-32(40-29)42(31(38-27)23-3-2-10-36-30(23)35)21-5-6-22-19(11-21)4-7-26(22)39-33(45)24-12-20(16-43)28(44)13-25(24)34/h2-3,5-6,8-16,26,44H,4,7,17H2,1H3,(H2,35,36)(H,39,45)/t26-/m0/s1. The molecule has 0 aliphatic heterocycles. The molecule has 230 valence electrons. The molecule has 1 atom stereocenters. The number of pyridine rings is 2. The smallest absolute Gasteiger partial charge is 0.254 e. The largest absolute Gasteiger partial charge is 0.507 e. The number of aryl methyl sites for hydroxylation is 1. The number of aromatic nitrogens is 6. The van der Waals surface area contributed by atoms with Crippen LogP contribution in [0.3, 0.4) is 0 Å². The highest BCUT2D eigenvalue weighted by molar-refractivity contribution is 5.97. The maximum Gasteiger partial charge on any atom is 0.254 e. The number of aromatic hydroxyl groups is 1. The molecule has 0 bridgehead atoms. The number of halogens is 1. The predicted octanol–water partition coefficient (Wildman–Crippen LogP) is 4.47. The fourth-order valence-electron chi connectivity index (χ4n) is 5.81. The lowest BCUT2D eigenvalue weighted by molar-refractivity contribution is 0.0932. The normalized spacial score (nSPS) is 14.0. The van der Waals surface area contributed by atoms with Crippen molar-refractivity contribution in [3.05, 3.63) is 107 Å². The summed E-state index contributed by atoms with van der Waals surface area (Å²) in [4.78, 5) is 38.4. The first-order valence-electron chi connectivity index (χ1n) is 14.4. The van der Waals surface area contributed by atoms with Gasteiger partial charge in [0.05, 0.1) is 35.5 Å². The van der Waals surface area contributed by atoms with Gasteiger partial charge in [-0.2, -0.15) is 5.10 Å². The van der Waals surface area contributed by atoms with E-state index in [9.17, 15) is 19.1 Å².